The molecule has 8 aromatic carbocycles. The molecule has 290 valence electrons. The molecule has 0 N–H and O–H groups in total. The molecule has 1 spiro atoms. The van der Waals surface area contributed by atoms with Gasteiger partial charge in [0, 0.05) is 33.2 Å². The number of benzene rings is 8. The maximum atomic E-state index is 5.19. The Morgan fingerprint density at radius 1 is 0.387 bits per heavy atom. The summed E-state index contributed by atoms with van der Waals surface area (Å²) in [6.07, 6.45) is 4.49. The van der Waals surface area contributed by atoms with Crippen LogP contribution >= 0.6 is 0 Å². The van der Waals surface area contributed by atoms with Crippen LogP contribution in [0.25, 0.3) is 83.9 Å². The van der Waals surface area contributed by atoms with Crippen LogP contribution < -0.4 is 0 Å². The first-order valence-electron chi connectivity index (χ1n) is 21.5. The molecule has 3 aliphatic carbocycles. The standard InChI is InChI=1S/C58H38N4/c1-4-16-37(17-5-1)55-59-56(38-18-6-2-7-19-38)61-57(60-55)41-29-32-46-44-23-11-14-26-50(44)58(52(46)36-41)49-25-13-10-22-43(49)45-31-28-40(35-51(45)58)39-30-33-54-48(34-39)47-24-12-15-27-53(47)62(54)42-20-8-3-9-21-42/h1-27,29-30,32-36H,28,31H2. The molecule has 0 saturated carbocycles. The number of allylic oxidation sites excluding steroid dienone is 4. The van der Waals surface area contributed by atoms with Gasteiger partial charge in [-0.05, 0) is 105 Å². The molecule has 2 heterocycles. The minimum atomic E-state index is -0.509. The van der Waals surface area contributed by atoms with Crippen LogP contribution in [0.1, 0.15) is 40.7 Å². The first-order chi connectivity index (χ1) is 30.7. The van der Waals surface area contributed by atoms with E-state index in [0.717, 1.165) is 29.5 Å². The molecule has 3 aliphatic rings. The number of hydrogen-bond acceptors (Lipinski definition) is 3. The monoisotopic (exact) mass is 790 g/mol. The Morgan fingerprint density at radius 2 is 0.935 bits per heavy atom. The molecule has 1 atom stereocenters. The largest absolute Gasteiger partial charge is 0.309 e. The van der Waals surface area contributed by atoms with E-state index in [0.29, 0.717) is 17.5 Å². The van der Waals surface area contributed by atoms with E-state index in [1.807, 2.05) is 36.4 Å². The molecule has 2 aromatic heterocycles. The molecule has 4 nitrogen and oxygen atoms in total. The summed E-state index contributed by atoms with van der Waals surface area (Å²) < 4.78 is 2.40. The molecular weight excluding hydrogens is 753 g/mol. The maximum absolute atomic E-state index is 5.19. The minimum Gasteiger partial charge on any atom is -0.309 e. The maximum Gasteiger partial charge on any atom is 0.164 e. The van der Waals surface area contributed by atoms with Crippen molar-refractivity contribution in [1.82, 2.24) is 19.5 Å². The molecule has 0 radical (unpaired) electrons. The second-order valence-corrected chi connectivity index (χ2v) is 16.6. The summed E-state index contributed by atoms with van der Waals surface area (Å²) in [6, 6.07) is 72.2. The highest BCUT2D eigenvalue weighted by atomic mass is 15.0. The van der Waals surface area contributed by atoms with Crippen molar-refractivity contribution in [1.29, 1.82) is 0 Å². The van der Waals surface area contributed by atoms with E-state index >= 15 is 0 Å². The predicted molar refractivity (Wildman–Crippen MR) is 253 cm³/mol. The van der Waals surface area contributed by atoms with Crippen molar-refractivity contribution in [2.24, 2.45) is 0 Å². The molecule has 13 rings (SSSR count). The van der Waals surface area contributed by atoms with Crippen LogP contribution in [0, 0.1) is 0 Å². The SMILES string of the molecule is C1=C(c2ccc3c(c2)c2ccccc2n3-c2ccccc2)CCC2=C1C1(c3ccccc32)c2ccccc2-c2ccc(-c3nc(-c4ccccc4)nc(-c4ccccc4)n3)cc21. The summed E-state index contributed by atoms with van der Waals surface area (Å²) in [5, 5.41) is 2.54. The van der Waals surface area contributed by atoms with E-state index in [4.69, 9.17) is 15.0 Å². The summed E-state index contributed by atoms with van der Waals surface area (Å²) in [5.74, 6) is 1.98. The molecule has 0 fully saturated rings. The zero-order valence-corrected chi connectivity index (χ0v) is 33.8. The second-order valence-electron chi connectivity index (χ2n) is 16.6. The number of rotatable bonds is 5. The lowest BCUT2D eigenvalue weighted by molar-refractivity contribution is 0.782. The quantitative estimate of drug-likeness (QED) is 0.174. The zero-order valence-electron chi connectivity index (χ0n) is 33.8. The highest BCUT2D eigenvalue weighted by molar-refractivity contribution is 6.10. The molecule has 0 bridgehead atoms. The van der Waals surface area contributed by atoms with Crippen LogP contribution in [-0.4, -0.2) is 19.5 Å². The van der Waals surface area contributed by atoms with Gasteiger partial charge in [-0.3, -0.25) is 0 Å². The summed E-state index contributed by atoms with van der Waals surface area (Å²) in [6.45, 7) is 0. The summed E-state index contributed by atoms with van der Waals surface area (Å²) in [7, 11) is 0. The van der Waals surface area contributed by atoms with Gasteiger partial charge in [0.1, 0.15) is 0 Å². The molecule has 0 aliphatic heterocycles. The van der Waals surface area contributed by atoms with Gasteiger partial charge in [0.25, 0.3) is 0 Å². The van der Waals surface area contributed by atoms with Gasteiger partial charge in [-0.15, -0.1) is 0 Å². The van der Waals surface area contributed by atoms with Crippen molar-refractivity contribution in [3.63, 3.8) is 0 Å². The smallest absolute Gasteiger partial charge is 0.164 e. The average molecular weight is 791 g/mol. The number of nitrogens with zero attached hydrogens (tertiary/aromatic N) is 4. The van der Waals surface area contributed by atoms with Gasteiger partial charge in [0.2, 0.25) is 0 Å². The second kappa shape index (κ2) is 13.5. The lowest BCUT2D eigenvalue weighted by Gasteiger charge is -2.33. The number of hydrogen-bond donors (Lipinski definition) is 0. The molecule has 1 unspecified atom stereocenters. The third kappa shape index (κ3) is 5.04. The van der Waals surface area contributed by atoms with Crippen molar-refractivity contribution < 1.29 is 0 Å². The van der Waals surface area contributed by atoms with Gasteiger partial charge >= 0.3 is 0 Å². The minimum absolute atomic E-state index is 0.509. The lowest BCUT2D eigenvalue weighted by Crippen LogP contribution is -2.27. The van der Waals surface area contributed by atoms with Crippen LogP contribution in [0.3, 0.4) is 0 Å². The normalized spacial score (nSPS) is 16.0. The van der Waals surface area contributed by atoms with Gasteiger partial charge in [-0.25, -0.2) is 15.0 Å². The number of fused-ring (bicyclic) bond motifs is 12. The molecule has 0 saturated heterocycles. The Kier molecular flexibility index (Phi) is 7.61. The first-order valence-corrected chi connectivity index (χ1v) is 21.5. The predicted octanol–water partition coefficient (Wildman–Crippen LogP) is 13.9. The van der Waals surface area contributed by atoms with Gasteiger partial charge in [-0.2, -0.15) is 0 Å². The van der Waals surface area contributed by atoms with E-state index in [-0.39, 0.29) is 0 Å². The Hall–Kier alpha value is -7.95. The van der Waals surface area contributed by atoms with Gasteiger partial charge < -0.3 is 4.57 Å². The molecule has 4 heteroatoms. The van der Waals surface area contributed by atoms with Crippen LogP contribution in [0.15, 0.2) is 212 Å². The van der Waals surface area contributed by atoms with Gasteiger partial charge in [0.15, 0.2) is 17.5 Å². The van der Waals surface area contributed by atoms with E-state index in [9.17, 15) is 0 Å². The molecule has 62 heavy (non-hydrogen) atoms. The fourth-order valence-electron chi connectivity index (χ4n) is 10.8. The van der Waals surface area contributed by atoms with E-state index in [2.05, 4.69) is 174 Å². The first kappa shape index (κ1) is 34.9. The van der Waals surface area contributed by atoms with Crippen LogP contribution in [0.5, 0.6) is 0 Å². The Labute approximate surface area is 359 Å². The van der Waals surface area contributed by atoms with Crippen LogP contribution in [0.4, 0.5) is 0 Å². The summed E-state index contributed by atoms with van der Waals surface area (Å²) >= 11 is 0. The fourth-order valence-corrected chi connectivity index (χ4v) is 10.8. The Bertz CT molecular complexity index is 3450. The summed E-state index contributed by atoms with van der Waals surface area (Å²) in [5.41, 5.74) is 19.3. The molecular formula is C58H38N4. The van der Waals surface area contributed by atoms with Crippen LogP contribution in [0.2, 0.25) is 0 Å². The van der Waals surface area contributed by atoms with Gasteiger partial charge in [-0.1, -0.05) is 170 Å². The summed E-state index contributed by atoms with van der Waals surface area (Å²) in [4.78, 5) is 15.4. The van der Waals surface area contributed by atoms with Crippen molar-refractivity contribution in [2.75, 3.05) is 0 Å². The Balaban J connectivity index is 1.02. The third-order valence-electron chi connectivity index (χ3n) is 13.4. The van der Waals surface area contributed by atoms with E-state index in [1.165, 1.54) is 83.2 Å². The topological polar surface area (TPSA) is 43.6 Å². The zero-order chi connectivity index (χ0) is 40.8. The Morgan fingerprint density at radius 3 is 1.66 bits per heavy atom. The van der Waals surface area contributed by atoms with Gasteiger partial charge in [0.05, 0.1) is 16.4 Å². The van der Waals surface area contributed by atoms with Crippen molar-refractivity contribution >= 4 is 33.0 Å². The molecule has 0 amide bonds. The fraction of sp³-hybridized carbons (Fsp3) is 0.0517. The lowest BCUT2D eigenvalue weighted by atomic mass is 9.68. The van der Waals surface area contributed by atoms with Crippen LogP contribution in [-0.2, 0) is 5.41 Å². The van der Waals surface area contributed by atoms with E-state index in [1.54, 1.807) is 0 Å². The number of aromatic nitrogens is 4. The number of para-hydroxylation sites is 2. The van der Waals surface area contributed by atoms with Crippen molar-refractivity contribution in [3.05, 3.63) is 240 Å². The highest BCUT2D eigenvalue weighted by Crippen LogP contribution is 2.64. The average Bonchev–Trinajstić information content (AvgIpc) is 3.96. The van der Waals surface area contributed by atoms with E-state index < -0.39 is 5.41 Å². The van der Waals surface area contributed by atoms with Crippen molar-refractivity contribution in [3.8, 4) is 51.0 Å². The van der Waals surface area contributed by atoms with Crippen molar-refractivity contribution in [2.45, 2.75) is 18.3 Å². The highest BCUT2D eigenvalue weighted by Gasteiger charge is 2.53. The molecule has 10 aromatic rings. The third-order valence-corrected chi connectivity index (χ3v) is 13.4.